The van der Waals surface area contributed by atoms with E-state index >= 15 is 0 Å². The minimum absolute atomic E-state index is 0.0200. The van der Waals surface area contributed by atoms with Crippen LogP contribution in [0.25, 0.3) is 0 Å². The van der Waals surface area contributed by atoms with E-state index in [-0.39, 0.29) is 17.8 Å². The van der Waals surface area contributed by atoms with Gasteiger partial charge in [-0.1, -0.05) is 12.1 Å². The number of nitrogens with one attached hydrogen (secondary N) is 1. The van der Waals surface area contributed by atoms with E-state index in [1.807, 2.05) is 0 Å². The van der Waals surface area contributed by atoms with Crippen molar-refractivity contribution in [2.45, 2.75) is 12.8 Å². The zero-order valence-corrected chi connectivity index (χ0v) is 10.1. The third-order valence-electron chi connectivity index (χ3n) is 2.23. The van der Waals surface area contributed by atoms with Crippen molar-refractivity contribution in [2.75, 3.05) is 5.43 Å². The van der Waals surface area contributed by atoms with E-state index in [4.69, 9.17) is 10.2 Å². The summed E-state index contributed by atoms with van der Waals surface area (Å²) in [5.41, 5.74) is 1.60. The Kier molecular flexibility index (Phi) is 5.15. The van der Waals surface area contributed by atoms with Crippen molar-refractivity contribution in [3.8, 4) is 0 Å². The highest BCUT2D eigenvalue weighted by molar-refractivity contribution is 6.35. The summed E-state index contributed by atoms with van der Waals surface area (Å²) in [6.07, 6.45) is -0.692. The molecule has 0 spiro atoms. The lowest BCUT2D eigenvalue weighted by Crippen LogP contribution is -2.16. The molecule has 0 aliphatic carbocycles. The molecule has 0 saturated heterocycles. The fourth-order valence-corrected chi connectivity index (χ4v) is 1.29. The first-order valence-electron chi connectivity index (χ1n) is 5.43. The van der Waals surface area contributed by atoms with Crippen LogP contribution in [0.1, 0.15) is 12.8 Å². The number of nitro benzene ring substituents is 1. The lowest BCUT2D eigenvalue weighted by molar-refractivity contribution is -0.384. The van der Waals surface area contributed by atoms with Gasteiger partial charge in [0, 0.05) is 12.5 Å². The number of hydrogen-bond acceptors (Lipinski definition) is 6. The summed E-state index contributed by atoms with van der Waals surface area (Å²) < 4.78 is 0. The molecule has 106 valence electrons. The summed E-state index contributed by atoms with van der Waals surface area (Å²) in [6.45, 7) is 0. The molecule has 0 aliphatic rings. The molecule has 9 heteroatoms. The number of nitro groups is 1. The number of hydrogen-bond donors (Lipinski definition) is 3. The first kappa shape index (κ1) is 15.1. The number of para-hydroxylation sites is 2. The molecule has 9 nitrogen and oxygen atoms in total. The van der Waals surface area contributed by atoms with Crippen molar-refractivity contribution in [1.29, 1.82) is 0 Å². The SMILES string of the molecule is O=C(O)CCC(=NNc1ccccc1[N+](=O)[O-])C(=O)O. The summed E-state index contributed by atoms with van der Waals surface area (Å²) in [5.74, 6) is -2.55. The third-order valence-corrected chi connectivity index (χ3v) is 2.23. The summed E-state index contributed by atoms with van der Waals surface area (Å²) in [7, 11) is 0. The van der Waals surface area contributed by atoms with Crippen LogP contribution < -0.4 is 5.43 Å². The van der Waals surface area contributed by atoms with Gasteiger partial charge in [-0.2, -0.15) is 5.10 Å². The molecule has 0 aromatic heterocycles. The second-order valence-electron chi connectivity index (χ2n) is 3.64. The average molecular weight is 281 g/mol. The Balaban J connectivity index is 2.90. The van der Waals surface area contributed by atoms with Crippen molar-refractivity contribution < 1.29 is 24.7 Å². The van der Waals surface area contributed by atoms with Crippen molar-refractivity contribution in [2.24, 2.45) is 5.10 Å². The minimum atomic E-state index is -1.39. The second-order valence-corrected chi connectivity index (χ2v) is 3.64. The van der Waals surface area contributed by atoms with E-state index < -0.39 is 29.0 Å². The van der Waals surface area contributed by atoms with Crippen molar-refractivity contribution in [1.82, 2.24) is 0 Å². The number of rotatable bonds is 7. The van der Waals surface area contributed by atoms with Crippen molar-refractivity contribution in [3.63, 3.8) is 0 Å². The van der Waals surface area contributed by atoms with E-state index in [1.165, 1.54) is 24.3 Å². The van der Waals surface area contributed by atoms with Crippen LogP contribution in [0.4, 0.5) is 11.4 Å². The maximum Gasteiger partial charge on any atom is 0.352 e. The summed E-state index contributed by atoms with van der Waals surface area (Å²) in [5, 5.41) is 31.6. The Bertz CT molecular complexity index is 569. The molecule has 0 radical (unpaired) electrons. The van der Waals surface area contributed by atoms with E-state index in [2.05, 4.69) is 10.5 Å². The van der Waals surface area contributed by atoms with E-state index in [0.29, 0.717) is 0 Å². The quantitative estimate of drug-likeness (QED) is 0.388. The van der Waals surface area contributed by atoms with Crippen LogP contribution in [0, 0.1) is 10.1 Å². The molecule has 0 aliphatic heterocycles. The molecular weight excluding hydrogens is 270 g/mol. The largest absolute Gasteiger partial charge is 0.481 e. The van der Waals surface area contributed by atoms with Gasteiger partial charge in [0.1, 0.15) is 11.4 Å². The zero-order valence-electron chi connectivity index (χ0n) is 10.1. The fraction of sp³-hybridized carbons (Fsp3) is 0.182. The Morgan fingerprint density at radius 1 is 1.25 bits per heavy atom. The average Bonchev–Trinajstić information content (AvgIpc) is 2.38. The highest BCUT2D eigenvalue weighted by Crippen LogP contribution is 2.23. The van der Waals surface area contributed by atoms with Crippen LogP contribution in [-0.2, 0) is 9.59 Å². The first-order valence-corrected chi connectivity index (χ1v) is 5.43. The molecule has 1 rings (SSSR count). The van der Waals surface area contributed by atoms with Gasteiger partial charge >= 0.3 is 11.9 Å². The second kappa shape index (κ2) is 6.83. The molecule has 3 N–H and O–H groups in total. The van der Waals surface area contributed by atoms with Gasteiger partial charge in [-0.25, -0.2) is 4.79 Å². The van der Waals surface area contributed by atoms with E-state index in [0.717, 1.165) is 0 Å². The Morgan fingerprint density at radius 3 is 2.45 bits per heavy atom. The van der Waals surface area contributed by atoms with Crippen LogP contribution in [-0.4, -0.2) is 32.8 Å². The first-order chi connectivity index (χ1) is 9.41. The normalized spacial score (nSPS) is 10.9. The minimum Gasteiger partial charge on any atom is -0.481 e. The molecular formula is C11H11N3O6. The standard InChI is InChI=1S/C11H11N3O6/c15-10(16)6-5-8(11(17)18)13-12-7-3-1-2-4-9(7)14(19)20/h1-4,12H,5-6H2,(H,15,16)(H,17,18). The predicted octanol–water partition coefficient (Wildman–Crippen LogP) is 1.31. The molecule has 0 heterocycles. The van der Waals surface area contributed by atoms with Crippen molar-refractivity contribution >= 4 is 29.0 Å². The summed E-state index contributed by atoms with van der Waals surface area (Å²) in [6, 6.07) is 5.56. The van der Waals surface area contributed by atoms with Gasteiger partial charge in [0.05, 0.1) is 11.3 Å². The Labute approximate surface area is 112 Å². The van der Waals surface area contributed by atoms with Gasteiger partial charge in [-0.3, -0.25) is 20.3 Å². The van der Waals surface area contributed by atoms with Gasteiger partial charge in [-0.15, -0.1) is 0 Å². The van der Waals surface area contributed by atoms with Gasteiger partial charge in [-0.05, 0) is 6.07 Å². The molecule has 0 amide bonds. The van der Waals surface area contributed by atoms with Gasteiger partial charge in [0.25, 0.3) is 5.69 Å². The number of hydrazone groups is 1. The van der Waals surface area contributed by atoms with E-state index in [1.54, 1.807) is 0 Å². The van der Waals surface area contributed by atoms with E-state index in [9.17, 15) is 19.7 Å². The van der Waals surface area contributed by atoms with Crippen LogP contribution >= 0.6 is 0 Å². The smallest absolute Gasteiger partial charge is 0.352 e. The van der Waals surface area contributed by atoms with Gasteiger partial charge < -0.3 is 10.2 Å². The molecule has 0 bridgehead atoms. The molecule has 0 fully saturated rings. The maximum atomic E-state index is 10.9. The third kappa shape index (κ3) is 4.37. The van der Waals surface area contributed by atoms with Crippen LogP contribution in [0.3, 0.4) is 0 Å². The molecule has 1 aromatic carbocycles. The number of anilines is 1. The Hall–Kier alpha value is -2.97. The number of carbonyl (C=O) groups is 2. The van der Waals surface area contributed by atoms with Crippen LogP contribution in [0.5, 0.6) is 0 Å². The predicted molar refractivity (Wildman–Crippen MR) is 68.7 cm³/mol. The monoisotopic (exact) mass is 281 g/mol. The topological polar surface area (TPSA) is 142 Å². The van der Waals surface area contributed by atoms with Crippen LogP contribution in [0.2, 0.25) is 0 Å². The van der Waals surface area contributed by atoms with Crippen LogP contribution in [0.15, 0.2) is 29.4 Å². The molecule has 20 heavy (non-hydrogen) atoms. The lowest BCUT2D eigenvalue weighted by atomic mass is 10.2. The highest BCUT2D eigenvalue weighted by Gasteiger charge is 2.14. The van der Waals surface area contributed by atoms with Gasteiger partial charge in [0.15, 0.2) is 0 Å². The number of aliphatic carboxylic acids is 2. The number of benzene rings is 1. The molecule has 0 atom stereocenters. The molecule has 0 saturated carbocycles. The van der Waals surface area contributed by atoms with Gasteiger partial charge in [0.2, 0.25) is 0 Å². The number of nitrogens with zero attached hydrogens (tertiary/aromatic N) is 2. The maximum absolute atomic E-state index is 10.9. The number of carboxylic acid groups (broad SMARTS) is 2. The lowest BCUT2D eigenvalue weighted by Gasteiger charge is -2.03. The number of carboxylic acids is 2. The highest BCUT2D eigenvalue weighted by atomic mass is 16.6. The molecule has 1 aromatic rings. The fourth-order valence-electron chi connectivity index (χ4n) is 1.29. The Morgan fingerprint density at radius 2 is 1.90 bits per heavy atom. The summed E-state index contributed by atoms with van der Waals surface area (Å²) >= 11 is 0. The van der Waals surface area contributed by atoms with Crippen molar-refractivity contribution in [3.05, 3.63) is 34.4 Å². The zero-order chi connectivity index (χ0) is 15.1. The summed E-state index contributed by atoms with van der Waals surface area (Å²) in [4.78, 5) is 31.3. The molecule has 0 unspecified atom stereocenters.